The molecule has 1 heterocycles. The van der Waals surface area contributed by atoms with Crippen LogP contribution in [0.4, 0.5) is 8.78 Å². The van der Waals surface area contributed by atoms with E-state index in [1.165, 1.54) is 0 Å². The van der Waals surface area contributed by atoms with Gasteiger partial charge in [0.05, 0.1) is 6.20 Å². The van der Waals surface area contributed by atoms with Gasteiger partial charge in [-0.05, 0) is 24.6 Å². The van der Waals surface area contributed by atoms with E-state index >= 15 is 0 Å². The number of nitrogens with zero attached hydrogens (tertiary/aromatic N) is 2. The molecule has 0 amide bonds. The zero-order chi connectivity index (χ0) is 14.4. The van der Waals surface area contributed by atoms with Crippen LogP contribution in [0.5, 0.6) is 5.75 Å². The summed E-state index contributed by atoms with van der Waals surface area (Å²) in [6.45, 7) is -1.57. The second-order valence-corrected chi connectivity index (χ2v) is 4.44. The third kappa shape index (κ3) is 4.31. The van der Waals surface area contributed by atoms with Gasteiger partial charge in [0.25, 0.3) is 0 Å². The van der Waals surface area contributed by atoms with Crippen LogP contribution in [0.1, 0.15) is 11.1 Å². The first kappa shape index (κ1) is 14.5. The maximum Gasteiger partial charge on any atom is 0.387 e. The van der Waals surface area contributed by atoms with Crippen LogP contribution in [-0.4, -0.2) is 22.9 Å². The molecule has 0 unspecified atom stereocenters. The first-order chi connectivity index (χ1) is 9.65. The molecular weight excluding hydrogens is 264 g/mol. The zero-order valence-electron chi connectivity index (χ0n) is 11.2. The van der Waals surface area contributed by atoms with Crippen LogP contribution in [0.15, 0.2) is 36.7 Å². The summed E-state index contributed by atoms with van der Waals surface area (Å²) in [4.78, 5) is 0. The standard InChI is InChI=1S/C14H17F2N3O/c1-19-10-11(8-18-19)6-7-17-9-12-4-2-3-5-13(12)20-14(15)16/h2-5,8,10,14,17H,6-7,9H2,1H3. The summed E-state index contributed by atoms with van der Waals surface area (Å²) in [5.41, 5.74) is 1.86. The molecule has 0 saturated heterocycles. The summed E-state index contributed by atoms with van der Waals surface area (Å²) in [6.07, 6.45) is 4.61. The number of halogens is 2. The van der Waals surface area contributed by atoms with Crippen molar-refractivity contribution in [3.05, 3.63) is 47.8 Å². The Balaban J connectivity index is 1.81. The summed E-state index contributed by atoms with van der Waals surface area (Å²) in [7, 11) is 1.87. The Morgan fingerprint density at radius 1 is 1.35 bits per heavy atom. The number of aryl methyl sites for hydroxylation is 1. The van der Waals surface area contributed by atoms with Crippen LogP contribution in [0.2, 0.25) is 0 Å². The lowest BCUT2D eigenvalue weighted by atomic mass is 10.2. The molecule has 0 aliphatic heterocycles. The van der Waals surface area contributed by atoms with Crippen LogP contribution in [0.3, 0.4) is 0 Å². The second kappa shape index (κ2) is 7.00. The van der Waals surface area contributed by atoms with Crippen molar-refractivity contribution in [2.45, 2.75) is 19.6 Å². The van der Waals surface area contributed by atoms with Gasteiger partial charge >= 0.3 is 6.61 Å². The number of hydrogen-bond acceptors (Lipinski definition) is 3. The molecule has 2 aromatic rings. The molecule has 0 atom stereocenters. The van der Waals surface area contributed by atoms with Gasteiger partial charge in [0, 0.05) is 25.4 Å². The largest absolute Gasteiger partial charge is 0.434 e. The van der Waals surface area contributed by atoms with Gasteiger partial charge in [-0.3, -0.25) is 4.68 Å². The summed E-state index contributed by atoms with van der Waals surface area (Å²) in [5.74, 6) is 0.219. The van der Waals surface area contributed by atoms with E-state index in [1.807, 2.05) is 19.4 Å². The normalized spacial score (nSPS) is 11.0. The lowest BCUT2D eigenvalue weighted by molar-refractivity contribution is -0.0504. The highest BCUT2D eigenvalue weighted by atomic mass is 19.3. The van der Waals surface area contributed by atoms with Crippen LogP contribution in [0.25, 0.3) is 0 Å². The van der Waals surface area contributed by atoms with E-state index in [9.17, 15) is 8.78 Å². The van der Waals surface area contributed by atoms with Crippen molar-refractivity contribution in [1.82, 2.24) is 15.1 Å². The minimum atomic E-state index is -2.80. The number of aromatic nitrogens is 2. The fourth-order valence-corrected chi connectivity index (χ4v) is 1.92. The van der Waals surface area contributed by atoms with E-state index in [1.54, 1.807) is 28.9 Å². The summed E-state index contributed by atoms with van der Waals surface area (Å²) >= 11 is 0. The van der Waals surface area contributed by atoms with E-state index in [2.05, 4.69) is 15.2 Å². The third-order valence-corrected chi connectivity index (χ3v) is 2.85. The minimum Gasteiger partial charge on any atom is -0.434 e. The molecule has 6 heteroatoms. The lowest BCUT2D eigenvalue weighted by Gasteiger charge is -2.11. The Morgan fingerprint density at radius 3 is 2.85 bits per heavy atom. The van der Waals surface area contributed by atoms with Crippen molar-refractivity contribution in [3.63, 3.8) is 0 Å². The van der Waals surface area contributed by atoms with E-state index in [4.69, 9.17) is 0 Å². The van der Waals surface area contributed by atoms with Crippen molar-refractivity contribution in [3.8, 4) is 5.75 Å². The van der Waals surface area contributed by atoms with Gasteiger partial charge in [0.1, 0.15) is 5.75 Å². The number of rotatable bonds is 7. The van der Waals surface area contributed by atoms with Crippen LogP contribution < -0.4 is 10.1 Å². The average Bonchev–Trinajstić information content (AvgIpc) is 2.81. The molecule has 0 aliphatic carbocycles. The maximum absolute atomic E-state index is 12.3. The molecule has 108 valence electrons. The van der Waals surface area contributed by atoms with Gasteiger partial charge in [0.15, 0.2) is 0 Å². The summed E-state index contributed by atoms with van der Waals surface area (Å²) < 4.78 is 30.7. The highest BCUT2D eigenvalue weighted by molar-refractivity contribution is 5.33. The van der Waals surface area contributed by atoms with Crippen molar-refractivity contribution < 1.29 is 13.5 Å². The Labute approximate surface area is 116 Å². The molecule has 1 N–H and O–H groups in total. The van der Waals surface area contributed by atoms with Crippen molar-refractivity contribution in [1.29, 1.82) is 0 Å². The average molecular weight is 281 g/mol. The molecule has 20 heavy (non-hydrogen) atoms. The lowest BCUT2D eigenvalue weighted by Crippen LogP contribution is -2.17. The quantitative estimate of drug-likeness (QED) is 0.792. The van der Waals surface area contributed by atoms with Gasteiger partial charge in [-0.15, -0.1) is 0 Å². The highest BCUT2D eigenvalue weighted by Crippen LogP contribution is 2.19. The van der Waals surface area contributed by atoms with Gasteiger partial charge in [-0.1, -0.05) is 18.2 Å². The fraction of sp³-hybridized carbons (Fsp3) is 0.357. The predicted octanol–water partition coefficient (Wildman–Crippen LogP) is 2.35. The number of alkyl halides is 2. The SMILES string of the molecule is Cn1cc(CCNCc2ccccc2OC(F)F)cn1. The summed E-state index contributed by atoms with van der Waals surface area (Å²) in [5, 5.41) is 7.30. The van der Waals surface area contributed by atoms with E-state index in [0.717, 1.165) is 24.1 Å². The Kier molecular flexibility index (Phi) is 5.06. The van der Waals surface area contributed by atoms with Crippen molar-refractivity contribution in [2.24, 2.45) is 7.05 Å². The molecule has 2 rings (SSSR count). The van der Waals surface area contributed by atoms with Crippen LogP contribution in [-0.2, 0) is 20.0 Å². The van der Waals surface area contributed by atoms with E-state index in [-0.39, 0.29) is 5.75 Å². The molecule has 1 aromatic heterocycles. The first-order valence-corrected chi connectivity index (χ1v) is 6.36. The predicted molar refractivity (Wildman–Crippen MR) is 71.7 cm³/mol. The molecule has 0 fully saturated rings. The number of hydrogen-bond donors (Lipinski definition) is 1. The topological polar surface area (TPSA) is 39.1 Å². The van der Waals surface area contributed by atoms with Crippen molar-refractivity contribution >= 4 is 0 Å². The molecular formula is C14H17F2N3O. The monoisotopic (exact) mass is 281 g/mol. The van der Waals surface area contributed by atoms with Crippen LogP contribution >= 0.6 is 0 Å². The molecule has 1 aromatic carbocycles. The van der Waals surface area contributed by atoms with Gasteiger partial charge in [-0.2, -0.15) is 13.9 Å². The highest BCUT2D eigenvalue weighted by Gasteiger charge is 2.08. The van der Waals surface area contributed by atoms with E-state index in [0.29, 0.717) is 6.54 Å². The fourth-order valence-electron chi connectivity index (χ4n) is 1.92. The number of ether oxygens (including phenoxy) is 1. The third-order valence-electron chi connectivity index (χ3n) is 2.85. The molecule has 0 radical (unpaired) electrons. The first-order valence-electron chi connectivity index (χ1n) is 6.36. The Morgan fingerprint density at radius 2 is 2.15 bits per heavy atom. The zero-order valence-corrected chi connectivity index (χ0v) is 11.2. The Bertz CT molecular complexity index is 543. The molecule has 0 bridgehead atoms. The van der Waals surface area contributed by atoms with Gasteiger partial charge < -0.3 is 10.1 Å². The minimum absolute atomic E-state index is 0.219. The van der Waals surface area contributed by atoms with Gasteiger partial charge in [-0.25, -0.2) is 0 Å². The molecule has 4 nitrogen and oxygen atoms in total. The number of benzene rings is 1. The number of nitrogens with one attached hydrogen (secondary N) is 1. The van der Waals surface area contributed by atoms with Crippen molar-refractivity contribution in [2.75, 3.05) is 6.54 Å². The summed E-state index contributed by atoms with van der Waals surface area (Å²) in [6, 6.07) is 6.80. The van der Waals surface area contributed by atoms with Gasteiger partial charge in [0.2, 0.25) is 0 Å². The molecule has 0 aliphatic rings. The second-order valence-electron chi connectivity index (χ2n) is 4.44. The Hall–Kier alpha value is -1.95. The number of para-hydroxylation sites is 1. The van der Waals surface area contributed by atoms with E-state index < -0.39 is 6.61 Å². The molecule has 0 saturated carbocycles. The smallest absolute Gasteiger partial charge is 0.387 e. The maximum atomic E-state index is 12.3. The molecule has 0 spiro atoms. The van der Waals surface area contributed by atoms with Crippen LogP contribution in [0, 0.1) is 0 Å².